The van der Waals surface area contributed by atoms with E-state index in [1.165, 1.54) is 56.5 Å². The molecule has 9 aromatic rings. The molecule has 0 radical (unpaired) electrons. The van der Waals surface area contributed by atoms with E-state index in [0.717, 1.165) is 45.2 Å². The highest BCUT2D eigenvalue weighted by Gasteiger charge is 2.19. The number of ether oxygens (including phenoxy) is 1. The number of phenolic OH excluding ortho intramolecular Hbond substituents is 1. The van der Waals surface area contributed by atoms with Crippen LogP contribution in [0.5, 0.6) is 5.75 Å². The fraction of sp³-hybridized carbons (Fsp3) is 0.495. The van der Waals surface area contributed by atoms with Gasteiger partial charge in [0.25, 0.3) is 0 Å². The molecule has 0 bridgehead atoms. The van der Waals surface area contributed by atoms with Crippen molar-refractivity contribution in [3.8, 4) is 5.75 Å². The van der Waals surface area contributed by atoms with Gasteiger partial charge in [-0.3, -0.25) is 15.0 Å². The third-order valence-corrected chi connectivity index (χ3v) is 21.7. The number of phenols is 1. The molecule has 9 rings (SSSR count). The molecule has 6 aromatic carbocycles. The number of nitrogens with zero attached hydrogens (tertiary/aromatic N) is 3. The largest absolute Gasteiger partial charge is 0.508 e. The van der Waals surface area contributed by atoms with Crippen LogP contribution in [0.1, 0.15) is 299 Å². The van der Waals surface area contributed by atoms with Crippen LogP contribution in [0.15, 0.2) is 201 Å². The first-order chi connectivity index (χ1) is 52.0. The Morgan fingerprint density at radius 1 is 0.342 bits per heavy atom. The predicted octanol–water partition coefficient (Wildman–Crippen LogP) is 31.0. The van der Waals surface area contributed by atoms with Crippen LogP contribution in [0.4, 0.5) is 17.6 Å². The Balaban J connectivity index is 0.000000625. The smallest absolute Gasteiger partial charge is 0.345 e. The van der Waals surface area contributed by atoms with Gasteiger partial charge in [0.1, 0.15) is 17.4 Å². The second-order valence-corrected chi connectivity index (χ2v) is 34.0. The van der Waals surface area contributed by atoms with Crippen LogP contribution >= 0.6 is 11.6 Å². The molecule has 0 aliphatic heterocycles. The molecule has 0 saturated carbocycles. The first-order valence-corrected chi connectivity index (χ1v) is 41.2. The van der Waals surface area contributed by atoms with Crippen molar-refractivity contribution >= 4 is 11.6 Å². The summed E-state index contributed by atoms with van der Waals surface area (Å²) in [5.74, 6) is 9.56. The van der Waals surface area contributed by atoms with Crippen molar-refractivity contribution in [3.63, 3.8) is 0 Å². The molecule has 0 spiro atoms. The molecule has 3 aromatic heterocycles. The van der Waals surface area contributed by atoms with E-state index < -0.39 is 6.61 Å². The van der Waals surface area contributed by atoms with Crippen molar-refractivity contribution < 1.29 is 27.4 Å². The van der Waals surface area contributed by atoms with Crippen molar-refractivity contribution in [2.75, 3.05) is 6.61 Å². The molecule has 0 saturated heterocycles. The van der Waals surface area contributed by atoms with Gasteiger partial charge < -0.3 is 9.84 Å². The molecule has 0 fully saturated rings. The second-order valence-electron chi connectivity index (χ2n) is 33.6. The Bertz CT molecular complexity index is 3660. The SMILES string of the molecule is CC(C)C(C)c1ccccc1.CC(C)Cc1ccccc1F.CC(C)[C@H](C)c1ccc(Cl)cc1.CC(C)[C@H](COC(F)F)c1ccccc1.Cc1ccc(C(C)C(C)C)nc1.Cc1ccc(C(C)C(C)C)nc1.Cc1ccc([C@@H](C)C(C)C)cc1F.Cc1ccc([C@@H](C)C(C)C)cc1O.Cc1ccnc(C(C)C(C)C)c1. The summed E-state index contributed by atoms with van der Waals surface area (Å²) in [6.45, 7) is 62.1. The third-order valence-electron chi connectivity index (χ3n) is 21.4. The third kappa shape index (κ3) is 41.2. The van der Waals surface area contributed by atoms with Gasteiger partial charge in [-0.15, -0.1) is 0 Å². The second kappa shape index (κ2) is 54.3. The van der Waals surface area contributed by atoms with Crippen LogP contribution in [-0.4, -0.2) is 33.3 Å². The lowest BCUT2D eigenvalue weighted by Crippen LogP contribution is -2.16. The number of halogens is 5. The summed E-state index contributed by atoms with van der Waals surface area (Å²) in [6.07, 6.45) is 6.60. The van der Waals surface area contributed by atoms with Crippen LogP contribution in [0.3, 0.4) is 0 Å². The van der Waals surface area contributed by atoms with E-state index in [9.17, 15) is 22.7 Å². The highest BCUT2D eigenvalue weighted by Crippen LogP contribution is 2.31. The van der Waals surface area contributed by atoms with E-state index in [2.05, 4.69) is 279 Å². The van der Waals surface area contributed by atoms with Crippen molar-refractivity contribution in [3.05, 3.63) is 296 Å². The number of hydrogen-bond acceptors (Lipinski definition) is 5. The van der Waals surface area contributed by atoms with Crippen LogP contribution in [-0.2, 0) is 11.2 Å². The summed E-state index contributed by atoms with van der Waals surface area (Å²) in [4.78, 5) is 13.2. The quantitative estimate of drug-likeness (QED) is 0.0726. The summed E-state index contributed by atoms with van der Waals surface area (Å²) >= 11 is 5.80. The fourth-order valence-electron chi connectivity index (χ4n) is 10.8. The number of aromatic hydroxyl groups is 1. The molecule has 3 heterocycles. The maximum atomic E-state index is 13.2. The van der Waals surface area contributed by atoms with Gasteiger partial charge in [-0.05, 0) is 234 Å². The summed E-state index contributed by atoms with van der Waals surface area (Å²) < 4.78 is 54.4. The Morgan fingerprint density at radius 2 is 0.721 bits per heavy atom. The van der Waals surface area contributed by atoms with Crippen molar-refractivity contribution in [1.29, 1.82) is 0 Å². The van der Waals surface area contributed by atoms with Gasteiger partial charge in [0.15, 0.2) is 0 Å². The molecule has 8 atom stereocenters. The molecule has 5 nitrogen and oxygen atoms in total. The molecular formula is C101H146ClF4N3O2. The highest BCUT2D eigenvalue weighted by molar-refractivity contribution is 6.30. The minimum Gasteiger partial charge on any atom is -0.508 e. The summed E-state index contributed by atoms with van der Waals surface area (Å²) in [6, 6.07) is 59.5. The monoisotopic (exact) mass is 1540 g/mol. The zero-order valence-corrected chi connectivity index (χ0v) is 74.7. The number of aromatic nitrogens is 3. The van der Waals surface area contributed by atoms with E-state index >= 15 is 0 Å². The Morgan fingerprint density at radius 3 is 1.09 bits per heavy atom. The van der Waals surface area contributed by atoms with Gasteiger partial charge in [-0.2, -0.15) is 8.78 Å². The van der Waals surface area contributed by atoms with Gasteiger partial charge in [-0.1, -0.05) is 312 Å². The van der Waals surface area contributed by atoms with E-state index in [1.807, 2.05) is 124 Å². The van der Waals surface area contributed by atoms with E-state index in [-0.39, 0.29) is 30.1 Å². The van der Waals surface area contributed by atoms with Crippen LogP contribution in [0.2, 0.25) is 5.02 Å². The molecule has 612 valence electrons. The topological polar surface area (TPSA) is 68.1 Å². The normalized spacial score (nSPS) is 13.1. The fourth-order valence-corrected chi connectivity index (χ4v) is 11.0. The average molecular weight is 1550 g/mol. The minimum absolute atomic E-state index is 0.0280. The Hall–Kier alpha value is -7.46. The van der Waals surface area contributed by atoms with Gasteiger partial charge in [-0.25, -0.2) is 8.78 Å². The van der Waals surface area contributed by atoms with Gasteiger partial charge in [0.2, 0.25) is 0 Å². The van der Waals surface area contributed by atoms with Gasteiger partial charge in [0.05, 0.1) is 6.61 Å². The summed E-state index contributed by atoms with van der Waals surface area (Å²) in [5, 5.41) is 10.3. The Kier molecular flexibility index (Phi) is 49.7. The van der Waals surface area contributed by atoms with E-state index in [1.54, 1.807) is 19.1 Å². The van der Waals surface area contributed by atoms with Crippen molar-refractivity contribution in [2.45, 2.75) is 268 Å². The maximum absolute atomic E-state index is 13.2. The standard InChI is InChI=1S/C12H16F2O.C12H17F.C12H18O.C11H15Cl.3C11H17N.C11H16.C10H13F/c1-9(2)11(8-15-12(13)14)10-6-4-3-5-7-10;2*1-8(2)10(4)11-6-5-9(3)12(13)7-11;1-8(2)9(3)10-4-6-11(12)7-5-10;1-8(2)10(4)11-7-9(3)5-6-12-11;2*1-8(2)10(4)11-6-5-9(3)7-12-11;1-9(2)10(3)11-7-5-4-6-8-11;1-8(2)7-9-5-3-4-6-10(9)11/h3-7,9,11-12H,8H2,1-2H3;5-8,10H,1-4H3;5-8,10,13H,1-4H3;4-9H,1-3H3;3*5-8,10H,1-4H3;4-10H,1-3H3;3-6,8H,7H2,1-2H3/t11-;2*10-;9-;;;;;/m0000...../s1. The number of aryl methyl sites for hydroxylation is 5. The van der Waals surface area contributed by atoms with Crippen LogP contribution in [0.25, 0.3) is 0 Å². The highest BCUT2D eigenvalue weighted by atomic mass is 35.5. The van der Waals surface area contributed by atoms with E-state index in [0.29, 0.717) is 88.6 Å². The van der Waals surface area contributed by atoms with Gasteiger partial charge in [0, 0.05) is 64.4 Å². The van der Waals surface area contributed by atoms with E-state index in [4.69, 9.17) is 11.6 Å². The molecule has 111 heavy (non-hydrogen) atoms. The molecule has 1 N–H and O–H groups in total. The number of rotatable bonds is 21. The predicted molar refractivity (Wildman–Crippen MR) is 472 cm³/mol. The lowest BCUT2D eigenvalue weighted by Gasteiger charge is -2.20. The van der Waals surface area contributed by atoms with Crippen molar-refractivity contribution in [2.24, 2.45) is 53.3 Å². The molecule has 0 aliphatic rings. The maximum Gasteiger partial charge on any atom is 0.345 e. The number of alkyl halides is 2. The zero-order valence-electron chi connectivity index (χ0n) is 73.9. The average Bonchev–Trinajstić information content (AvgIpc) is 0.853. The molecular weight excluding hydrogens is 1400 g/mol. The molecule has 0 aliphatic carbocycles. The van der Waals surface area contributed by atoms with Crippen LogP contribution < -0.4 is 0 Å². The molecule has 4 unspecified atom stereocenters. The zero-order chi connectivity index (χ0) is 84.4. The van der Waals surface area contributed by atoms with Gasteiger partial charge >= 0.3 is 6.61 Å². The lowest BCUT2D eigenvalue weighted by atomic mass is 9.89. The number of benzene rings is 6. The Labute approximate surface area is 679 Å². The molecule has 0 amide bonds. The first-order valence-electron chi connectivity index (χ1n) is 40.8. The summed E-state index contributed by atoms with van der Waals surface area (Å²) in [5.41, 5.74) is 16.1. The lowest BCUT2D eigenvalue weighted by molar-refractivity contribution is -0.134. The number of pyridine rings is 3. The minimum atomic E-state index is -2.69. The molecule has 10 heteroatoms. The van der Waals surface area contributed by atoms with Crippen LogP contribution in [0, 0.1) is 99.5 Å². The van der Waals surface area contributed by atoms with Crippen molar-refractivity contribution in [1.82, 2.24) is 15.0 Å². The number of hydrogen-bond donors (Lipinski definition) is 1. The summed E-state index contributed by atoms with van der Waals surface area (Å²) in [7, 11) is 0. The first kappa shape index (κ1) is 102.